The first-order valence-corrected chi connectivity index (χ1v) is 9.75. The van der Waals surface area contributed by atoms with Crippen molar-refractivity contribution in [2.24, 2.45) is 4.99 Å². The van der Waals surface area contributed by atoms with E-state index < -0.39 is 0 Å². The van der Waals surface area contributed by atoms with Gasteiger partial charge >= 0.3 is 0 Å². The maximum absolute atomic E-state index is 12.4. The average molecular weight is 392 g/mol. The van der Waals surface area contributed by atoms with Crippen LogP contribution in [0, 0.1) is 13.8 Å². The van der Waals surface area contributed by atoms with E-state index in [1.165, 1.54) is 28.5 Å². The molecule has 0 saturated carbocycles. The first-order valence-electron chi connectivity index (χ1n) is 8.93. The number of thiazole rings is 1. The molecule has 28 heavy (non-hydrogen) atoms. The second-order valence-corrected chi connectivity index (χ2v) is 7.59. The highest BCUT2D eigenvalue weighted by atomic mass is 32.1. The van der Waals surface area contributed by atoms with Crippen LogP contribution in [0.1, 0.15) is 16.7 Å². The zero-order valence-corrected chi connectivity index (χ0v) is 16.6. The molecule has 2 aromatic carbocycles. The van der Waals surface area contributed by atoms with Gasteiger partial charge < -0.3 is 14.0 Å². The Kier molecular flexibility index (Phi) is 4.88. The molecular weight excluding hydrogens is 372 g/mol. The number of carbonyl (C=O) groups excluding carboxylic acids is 1. The van der Waals surface area contributed by atoms with Crippen molar-refractivity contribution >= 4 is 33.5 Å². The summed E-state index contributed by atoms with van der Waals surface area (Å²) in [6.07, 6.45) is 5.01. The summed E-state index contributed by atoms with van der Waals surface area (Å²) in [6.45, 7) is 8.82. The number of carbonyl (C=O) groups is 1. The summed E-state index contributed by atoms with van der Waals surface area (Å²) >= 11 is 1.51. The Morgan fingerprint density at radius 1 is 1.21 bits per heavy atom. The average Bonchev–Trinajstić information content (AvgIpc) is 3.26. The van der Waals surface area contributed by atoms with Crippen molar-refractivity contribution in [3.8, 4) is 11.5 Å². The van der Waals surface area contributed by atoms with Crippen LogP contribution >= 0.6 is 11.3 Å². The fourth-order valence-electron chi connectivity index (χ4n) is 3.03. The van der Waals surface area contributed by atoms with Crippen molar-refractivity contribution < 1.29 is 14.3 Å². The summed E-state index contributed by atoms with van der Waals surface area (Å²) in [5.74, 6) is 1.09. The van der Waals surface area contributed by atoms with Crippen LogP contribution in [0.25, 0.3) is 16.3 Å². The highest BCUT2D eigenvalue weighted by molar-refractivity contribution is 7.16. The molecule has 1 aliphatic rings. The van der Waals surface area contributed by atoms with Gasteiger partial charge in [0.2, 0.25) is 6.79 Å². The van der Waals surface area contributed by atoms with Crippen molar-refractivity contribution in [2.75, 3.05) is 6.79 Å². The Labute approximate surface area is 166 Å². The van der Waals surface area contributed by atoms with Crippen LogP contribution in [0.4, 0.5) is 0 Å². The second-order valence-electron chi connectivity index (χ2n) is 6.58. The Bertz CT molecular complexity index is 1180. The maximum Gasteiger partial charge on any atom is 0.272 e. The SMILES string of the molecule is C=CCn1c(=NC(=O)/C=C/c2ccc3c(c2)OCO3)sc2cc(C)c(C)cc21. The summed E-state index contributed by atoms with van der Waals surface area (Å²) < 4.78 is 13.8. The molecular formula is C22H20N2O3S. The first kappa shape index (κ1) is 18.3. The number of fused-ring (bicyclic) bond motifs is 2. The van der Waals surface area contributed by atoms with Gasteiger partial charge in [-0.3, -0.25) is 4.79 Å². The molecule has 0 N–H and O–H groups in total. The number of ether oxygens (including phenoxy) is 2. The Morgan fingerprint density at radius 2 is 2.00 bits per heavy atom. The van der Waals surface area contributed by atoms with E-state index in [0.717, 1.165) is 21.5 Å². The normalized spacial score (nSPS) is 13.6. The standard InChI is InChI=1S/C22H20N2O3S/c1-4-9-24-17-10-14(2)15(3)11-20(17)28-22(24)23-21(25)8-6-16-5-7-18-19(12-16)27-13-26-18/h4-8,10-12H,1,9,13H2,2-3H3/b8-6+,23-22?. The molecule has 142 valence electrons. The third-order valence-corrected chi connectivity index (χ3v) is 5.67. The number of rotatable bonds is 4. The van der Waals surface area contributed by atoms with E-state index in [0.29, 0.717) is 17.1 Å². The Hall–Kier alpha value is -3.12. The van der Waals surface area contributed by atoms with Crippen molar-refractivity contribution in [3.05, 3.63) is 70.6 Å². The molecule has 0 fully saturated rings. The zero-order chi connectivity index (χ0) is 19.7. The van der Waals surface area contributed by atoms with Gasteiger partial charge in [-0.1, -0.05) is 23.5 Å². The Balaban J connectivity index is 1.67. The van der Waals surface area contributed by atoms with E-state index in [1.54, 1.807) is 6.08 Å². The number of hydrogen-bond donors (Lipinski definition) is 0. The minimum Gasteiger partial charge on any atom is -0.454 e. The molecule has 4 rings (SSSR count). The van der Waals surface area contributed by atoms with Gasteiger partial charge in [0, 0.05) is 12.6 Å². The fourth-order valence-corrected chi connectivity index (χ4v) is 4.15. The molecule has 1 amide bonds. The zero-order valence-electron chi connectivity index (χ0n) is 15.8. The van der Waals surface area contributed by atoms with Gasteiger partial charge in [0.15, 0.2) is 16.3 Å². The molecule has 0 radical (unpaired) electrons. The summed E-state index contributed by atoms with van der Waals surface area (Å²) in [5, 5.41) is 0. The van der Waals surface area contributed by atoms with E-state index in [1.807, 2.05) is 28.8 Å². The fraction of sp³-hybridized carbons (Fsp3) is 0.182. The second kappa shape index (κ2) is 7.48. The monoisotopic (exact) mass is 392 g/mol. The number of hydrogen-bond acceptors (Lipinski definition) is 4. The molecule has 6 heteroatoms. The lowest BCUT2D eigenvalue weighted by atomic mass is 10.1. The maximum atomic E-state index is 12.4. The van der Waals surface area contributed by atoms with E-state index in [9.17, 15) is 4.79 Å². The van der Waals surface area contributed by atoms with Gasteiger partial charge in [-0.15, -0.1) is 6.58 Å². The van der Waals surface area contributed by atoms with E-state index >= 15 is 0 Å². The lowest BCUT2D eigenvalue weighted by molar-refractivity contribution is -0.113. The van der Waals surface area contributed by atoms with Gasteiger partial charge in [-0.2, -0.15) is 4.99 Å². The molecule has 2 heterocycles. The molecule has 0 saturated heterocycles. The smallest absolute Gasteiger partial charge is 0.272 e. The highest BCUT2D eigenvalue weighted by Crippen LogP contribution is 2.32. The molecule has 0 spiro atoms. The van der Waals surface area contributed by atoms with Gasteiger partial charge in [0.1, 0.15) is 0 Å². The van der Waals surface area contributed by atoms with Crippen LogP contribution in [0.5, 0.6) is 11.5 Å². The lowest BCUT2D eigenvalue weighted by Crippen LogP contribution is -2.15. The van der Waals surface area contributed by atoms with Crippen LogP contribution < -0.4 is 14.3 Å². The van der Waals surface area contributed by atoms with Gasteiger partial charge in [-0.25, -0.2) is 0 Å². The van der Waals surface area contributed by atoms with Crippen molar-refractivity contribution in [1.29, 1.82) is 0 Å². The van der Waals surface area contributed by atoms with E-state index in [2.05, 4.69) is 37.6 Å². The molecule has 5 nitrogen and oxygen atoms in total. The van der Waals surface area contributed by atoms with Gasteiger partial charge in [-0.05, 0) is 60.9 Å². The summed E-state index contributed by atoms with van der Waals surface area (Å²) in [5.41, 5.74) is 4.36. The largest absolute Gasteiger partial charge is 0.454 e. The topological polar surface area (TPSA) is 52.8 Å². The molecule has 1 aromatic heterocycles. The first-order chi connectivity index (χ1) is 13.5. The summed E-state index contributed by atoms with van der Waals surface area (Å²) in [7, 11) is 0. The molecule has 0 aliphatic carbocycles. The molecule has 0 unspecified atom stereocenters. The quantitative estimate of drug-likeness (QED) is 0.489. The molecule has 0 bridgehead atoms. The van der Waals surface area contributed by atoms with Crippen LogP contribution in [-0.4, -0.2) is 17.3 Å². The number of nitrogens with zero attached hydrogens (tertiary/aromatic N) is 2. The van der Waals surface area contributed by atoms with Crippen LogP contribution in [-0.2, 0) is 11.3 Å². The highest BCUT2D eigenvalue weighted by Gasteiger charge is 2.12. The number of benzene rings is 2. The number of aromatic nitrogens is 1. The predicted octanol–water partition coefficient (Wildman–Crippen LogP) is 4.38. The number of amides is 1. The van der Waals surface area contributed by atoms with E-state index in [-0.39, 0.29) is 12.7 Å². The summed E-state index contributed by atoms with van der Waals surface area (Å²) in [4.78, 5) is 17.4. The van der Waals surface area contributed by atoms with Crippen LogP contribution in [0.2, 0.25) is 0 Å². The van der Waals surface area contributed by atoms with Crippen molar-refractivity contribution in [3.63, 3.8) is 0 Å². The van der Waals surface area contributed by atoms with E-state index in [4.69, 9.17) is 9.47 Å². The predicted molar refractivity (Wildman–Crippen MR) is 112 cm³/mol. The van der Waals surface area contributed by atoms with Gasteiger partial charge in [0.05, 0.1) is 10.2 Å². The third-order valence-electron chi connectivity index (χ3n) is 4.63. The van der Waals surface area contributed by atoms with Crippen LogP contribution in [0.15, 0.2) is 54.1 Å². The van der Waals surface area contributed by atoms with Crippen LogP contribution in [0.3, 0.4) is 0 Å². The minimum absolute atomic E-state index is 0.227. The molecule has 0 atom stereocenters. The third kappa shape index (κ3) is 3.51. The number of aryl methyl sites for hydroxylation is 2. The summed E-state index contributed by atoms with van der Waals surface area (Å²) in [6, 6.07) is 9.82. The molecule has 1 aliphatic heterocycles. The van der Waals surface area contributed by atoms with Crippen molar-refractivity contribution in [2.45, 2.75) is 20.4 Å². The molecule has 3 aromatic rings. The number of allylic oxidation sites excluding steroid dienone is 1. The van der Waals surface area contributed by atoms with Gasteiger partial charge in [0.25, 0.3) is 5.91 Å². The minimum atomic E-state index is -0.310. The van der Waals surface area contributed by atoms with Crippen molar-refractivity contribution in [1.82, 2.24) is 4.57 Å². The lowest BCUT2D eigenvalue weighted by Gasteiger charge is -2.03. The Morgan fingerprint density at radius 3 is 2.82 bits per heavy atom.